The summed E-state index contributed by atoms with van der Waals surface area (Å²) in [6.45, 7) is 8.64. The van der Waals surface area contributed by atoms with Gasteiger partial charge in [0, 0.05) is 37.3 Å². The van der Waals surface area contributed by atoms with E-state index < -0.39 is 0 Å². The highest BCUT2D eigenvalue weighted by Crippen LogP contribution is 2.31. The molecule has 2 saturated heterocycles. The van der Waals surface area contributed by atoms with Crippen LogP contribution in [0.4, 0.5) is 5.95 Å². The maximum Gasteiger partial charge on any atom is 0.226 e. The normalized spacial score (nSPS) is 25.8. The summed E-state index contributed by atoms with van der Waals surface area (Å²) in [5.74, 6) is 1.42. The van der Waals surface area contributed by atoms with Crippen LogP contribution in [-0.4, -0.2) is 70.4 Å². The fourth-order valence-corrected chi connectivity index (χ4v) is 4.78. The van der Waals surface area contributed by atoms with Crippen LogP contribution in [-0.2, 0) is 0 Å². The Morgan fingerprint density at radius 3 is 2.52 bits per heavy atom. The van der Waals surface area contributed by atoms with E-state index in [0.29, 0.717) is 18.0 Å². The Morgan fingerprint density at radius 1 is 1.07 bits per heavy atom. The Kier molecular flexibility index (Phi) is 4.72. The lowest BCUT2D eigenvalue weighted by Crippen LogP contribution is -2.55. The lowest BCUT2D eigenvalue weighted by atomic mass is 9.96. The fourth-order valence-electron chi connectivity index (χ4n) is 4.78. The van der Waals surface area contributed by atoms with Gasteiger partial charge in [0.15, 0.2) is 0 Å². The molecule has 152 valence electrons. The first kappa shape index (κ1) is 18.5. The van der Waals surface area contributed by atoms with Gasteiger partial charge in [-0.2, -0.15) is 5.10 Å². The van der Waals surface area contributed by atoms with Gasteiger partial charge in [0.1, 0.15) is 16.7 Å². The lowest BCUT2D eigenvalue weighted by Gasteiger charge is -2.39. The molecular weight excluding hydrogens is 362 g/mol. The predicted octanol–water partition coefficient (Wildman–Crippen LogP) is 2.63. The molecule has 2 fully saturated rings. The van der Waals surface area contributed by atoms with Crippen molar-refractivity contribution in [2.75, 3.05) is 38.1 Å². The van der Waals surface area contributed by atoms with Crippen LogP contribution in [0.3, 0.4) is 0 Å². The number of rotatable bonds is 3. The highest BCUT2D eigenvalue weighted by molar-refractivity contribution is 5.89. The van der Waals surface area contributed by atoms with E-state index in [2.05, 4.69) is 75.5 Å². The summed E-state index contributed by atoms with van der Waals surface area (Å²) in [6.07, 6.45) is 3.09. The van der Waals surface area contributed by atoms with Gasteiger partial charge in [-0.25, -0.2) is 9.97 Å². The molecule has 7 nitrogen and oxygen atoms in total. The van der Waals surface area contributed by atoms with Crippen LogP contribution in [0.25, 0.3) is 22.3 Å². The largest absolute Gasteiger partial charge is 0.333 e. The van der Waals surface area contributed by atoms with Gasteiger partial charge in [0.05, 0.1) is 6.20 Å². The Morgan fingerprint density at radius 2 is 1.83 bits per heavy atom. The second-order valence-corrected chi connectivity index (χ2v) is 8.64. The van der Waals surface area contributed by atoms with E-state index in [1.54, 1.807) is 0 Å². The second kappa shape index (κ2) is 7.39. The third-order valence-corrected chi connectivity index (χ3v) is 6.40. The van der Waals surface area contributed by atoms with E-state index in [9.17, 15) is 0 Å². The molecule has 0 bridgehead atoms. The quantitative estimate of drug-likeness (QED) is 0.715. The number of hydrogen-bond acceptors (Lipinski definition) is 6. The molecule has 29 heavy (non-hydrogen) atoms. The summed E-state index contributed by atoms with van der Waals surface area (Å²) < 4.78 is 0. The minimum Gasteiger partial charge on any atom is -0.333 e. The van der Waals surface area contributed by atoms with Crippen molar-refractivity contribution < 1.29 is 0 Å². The smallest absolute Gasteiger partial charge is 0.226 e. The predicted molar refractivity (Wildman–Crippen MR) is 116 cm³/mol. The van der Waals surface area contributed by atoms with Crippen LogP contribution >= 0.6 is 0 Å². The van der Waals surface area contributed by atoms with Crippen LogP contribution in [0.15, 0.2) is 30.5 Å². The van der Waals surface area contributed by atoms with Crippen molar-refractivity contribution >= 4 is 17.0 Å². The molecule has 4 heterocycles. The molecule has 0 spiro atoms. The highest BCUT2D eigenvalue weighted by atomic mass is 15.3. The summed E-state index contributed by atoms with van der Waals surface area (Å²) in [5.41, 5.74) is 5.17. The van der Waals surface area contributed by atoms with Gasteiger partial charge in [-0.05, 0) is 45.3 Å². The summed E-state index contributed by atoms with van der Waals surface area (Å²) in [4.78, 5) is 14.3. The molecule has 0 saturated carbocycles. The van der Waals surface area contributed by atoms with Crippen molar-refractivity contribution in [3.05, 3.63) is 36.0 Å². The zero-order valence-corrected chi connectivity index (χ0v) is 17.4. The molecular formula is C22H29N7. The summed E-state index contributed by atoms with van der Waals surface area (Å²) in [7, 11) is 2.20. The minimum absolute atomic E-state index is 0.357. The maximum absolute atomic E-state index is 4.93. The van der Waals surface area contributed by atoms with Gasteiger partial charge in [0.25, 0.3) is 0 Å². The number of nitrogens with zero attached hydrogens (tertiary/aromatic N) is 5. The van der Waals surface area contributed by atoms with Crippen molar-refractivity contribution in [2.24, 2.45) is 0 Å². The van der Waals surface area contributed by atoms with Crippen molar-refractivity contribution in [3.63, 3.8) is 0 Å². The number of likely N-dealkylation sites (tertiary alicyclic amines) is 1. The number of hydrogen-bond donors (Lipinski definition) is 2. The van der Waals surface area contributed by atoms with Crippen LogP contribution in [0.5, 0.6) is 0 Å². The second-order valence-electron chi connectivity index (χ2n) is 8.64. The maximum atomic E-state index is 4.93. The molecule has 2 aliphatic rings. The Bertz CT molecular complexity index is 986. The first-order chi connectivity index (χ1) is 14.1. The van der Waals surface area contributed by atoms with E-state index in [0.717, 1.165) is 47.9 Å². The SMILES string of the molecule is C[C@@H]1CNC[C@H](C)N1c1ncc2[nH]nc(-c3ccc(C4CCN(C)C4)cc3)c2n1. The Balaban J connectivity index is 1.47. The summed E-state index contributed by atoms with van der Waals surface area (Å²) >= 11 is 0. The Labute approximate surface area is 171 Å². The number of aromatic amines is 1. The molecule has 2 N–H and O–H groups in total. The summed E-state index contributed by atoms with van der Waals surface area (Å²) in [6, 6.07) is 9.58. The van der Waals surface area contributed by atoms with E-state index in [1.165, 1.54) is 18.5 Å². The monoisotopic (exact) mass is 391 g/mol. The number of fused-ring (bicyclic) bond motifs is 1. The van der Waals surface area contributed by atoms with Gasteiger partial charge >= 0.3 is 0 Å². The number of H-pyrrole nitrogens is 1. The van der Waals surface area contributed by atoms with Gasteiger partial charge in [-0.1, -0.05) is 24.3 Å². The average molecular weight is 392 g/mol. The Hall–Kier alpha value is -2.51. The van der Waals surface area contributed by atoms with Gasteiger partial charge < -0.3 is 15.1 Å². The van der Waals surface area contributed by atoms with Crippen LogP contribution in [0.1, 0.15) is 31.7 Å². The molecule has 1 unspecified atom stereocenters. The molecule has 0 radical (unpaired) electrons. The van der Waals surface area contributed by atoms with Crippen molar-refractivity contribution in [2.45, 2.75) is 38.3 Å². The van der Waals surface area contributed by atoms with Gasteiger partial charge in [-0.3, -0.25) is 5.10 Å². The molecule has 0 amide bonds. The standard InChI is InChI=1S/C22H29N7/c1-14-10-23-11-15(2)29(14)22-24-12-19-21(25-22)20(27-26-19)17-6-4-16(5-7-17)18-8-9-28(3)13-18/h4-7,12,14-15,18,23H,8-11,13H2,1-3H3,(H,26,27)/t14-,15+,18?. The van der Waals surface area contributed by atoms with Gasteiger partial charge in [-0.15, -0.1) is 0 Å². The number of benzene rings is 1. The molecule has 2 aromatic heterocycles. The molecule has 7 heteroatoms. The number of anilines is 1. The number of likely N-dealkylation sites (N-methyl/N-ethyl adjacent to an activating group) is 1. The van der Waals surface area contributed by atoms with Gasteiger partial charge in [0.2, 0.25) is 5.95 Å². The molecule has 0 aliphatic carbocycles. The van der Waals surface area contributed by atoms with Crippen molar-refractivity contribution in [3.8, 4) is 11.3 Å². The van der Waals surface area contributed by atoms with E-state index >= 15 is 0 Å². The third-order valence-electron chi connectivity index (χ3n) is 6.40. The molecule has 2 aliphatic heterocycles. The molecule has 3 atom stereocenters. The van der Waals surface area contributed by atoms with E-state index in [4.69, 9.17) is 4.98 Å². The van der Waals surface area contributed by atoms with Crippen LogP contribution in [0.2, 0.25) is 0 Å². The zero-order valence-electron chi connectivity index (χ0n) is 17.4. The molecule has 1 aromatic carbocycles. The fraction of sp³-hybridized carbons (Fsp3) is 0.500. The molecule has 5 rings (SSSR count). The van der Waals surface area contributed by atoms with E-state index in [-0.39, 0.29) is 0 Å². The first-order valence-corrected chi connectivity index (χ1v) is 10.6. The topological polar surface area (TPSA) is 73.0 Å². The zero-order chi connectivity index (χ0) is 20.0. The van der Waals surface area contributed by atoms with E-state index in [1.807, 2.05) is 6.20 Å². The van der Waals surface area contributed by atoms with Crippen LogP contribution < -0.4 is 10.2 Å². The summed E-state index contributed by atoms with van der Waals surface area (Å²) in [5, 5.41) is 11.1. The average Bonchev–Trinajstić information content (AvgIpc) is 3.34. The number of aromatic nitrogens is 4. The highest BCUT2D eigenvalue weighted by Gasteiger charge is 2.27. The first-order valence-electron chi connectivity index (χ1n) is 10.6. The number of nitrogens with one attached hydrogen (secondary N) is 2. The van der Waals surface area contributed by atoms with Crippen molar-refractivity contribution in [1.29, 1.82) is 0 Å². The number of piperazine rings is 1. The third kappa shape index (κ3) is 3.38. The molecule has 3 aromatic rings. The lowest BCUT2D eigenvalue weighted by molar-refractivity contribution is 0.411. The van der Waals surface area contributed by atoms with Crippen molar-refractivity contribution in [1.82, 2.24) is 30.4 Å². The van der Waals surface area contributed by atoms with Crippen LogP contribution in [0, 0.1) is 0 Å². The minimum atomic E-state index is 0.357.